The minimum Gasteiger partial charge on any atom is -0.393 e. The van der Waals surface area contributed by atoms with Crippen LogP contribution in [0.25, 0.3) is 0 Å². The van der Waals surface area contributed by atoms with Crippen LogP contribution in [-0.2, 0) is 9.53 Å². The standard InChI is InChI=1S/C14H26N2O3/c17-12-2-1-11(9-12)10-16-14(18)5-8-19-13-3-6-15-7-4-13/h11-13,15,17H,1-10H2,(H,16,18). The number of ether oxygens (including phenoxy) is 1. The molecule has 0 radical (unpaired) electrons. The predicted molar refractivity (Wildman–Crippen MR) is 72.8 cm³/mol. The molecule has 1 heterocycles. The second-order valence-electron chi connectivity index (χ2n) is 5.71. The van der Waals surface area contributed by atoms with Crippen LogP contribution in [0.1, 0.15) is 38.5 Å². The van der Waals surface area contributed by atoms with Crippen molar-refractivity contribution in [3.05, 3.63) is 0 Å². The number of amides is 1. The maximum absolute atomic E-state index is 11.7. The molecular formula is C14H26N2O3. The van der Waals surface area contributed by atoms with Gasteiger partial charge in [0.25, 0.3) is 0 Å². The molecule has 19 heavy (non-hydrogen) atoms. The van der Waals surface area contributed by atoms with Crippen LogP contribution >= 0.6 is 0 Å². The molecule has 0 aromatic rings. The fourth-order valence-electron chi connectivity index (χ4n) is 2.86. The highest BCUT2D eigenvalue weighted by atomic mass is 16.5. The van der Waals surface area contributed by atoms with Gasteiger partial charge in [0.1, 0.15) is 0 Å². The second-order valence-corrected chi connectivity index (χ2v) is 5.71. The Hall–Kier alpha value is -0.650. The van der Waals surface area contributed by atoms with E-state index in [2.05, 4.69) is 10.6 Å². The molecule has 2 unspecified atom stereocenters. The first-order valence-corrected chi connectivity index (χ1v) is 7.51. The average molecular weight is 270 g/mol. The van der Waals surface area contributed by atoms with Crippen molar-refractivity contribution in [2.75, 3.05) is 26.2 Å². The van der Waals surface area contributed by atoms with Gasteiger partial charge in [0.05, 0.1) is 18.8 Å². The smallest absolute Gasteiger partial charge is 0.222 e. The maximum atomic E-state index is 11.7. The Balaban J connectivity index is 1.49. The summed E-state index contributed by atoms with van der Waals surface area (Å²) < 4.78 is 5.70. The maximum Gasteiger partial charge on any atom is 0.222 e. The van der Waals surface area contributed by atoms with Gasteiger partial charge in [-0.1, -0.05) is 0 Å². The van der Waals surface area contributed by atoms with E-state index in [9.17, 15) is 9.90 Å². The van der Waals surface area contributed by atoms with Gasteiger partial charge in [0.15, 0.2) is 0 Å². The van der Waals surface area contributed by atoms with E-state index in [4.69, 9.17) is 4.74 Å². The highest BCUT2D eigenvalue weighted by Gasteiger charge is 2.22. The molecule has 0 aromatic carbocycles. The third-order valence-electron chi connectivity index (χ3n) is 4.07. The van der Waals surface area contributed by atoms with E-state index in [1.165, 1.54) is 0 Å². The van der Waals surface area contributed by atoms with Gasteiger partial charge in [-0.3, -0.25) is 4.79 Å². The van der Waals surface area contributed by atoms with E-state index >= 15 is 0 Å². The molecule has 110 valence electrons. The van der Waals surface area contributed by atoms with Gasteiger partial charge < -0.3 is 20.5 Å². The first kappa shape index (κ1) is 14.8. The summed E-state index contributed by atoms with van der Waals surface area (Å²) in [5.41, 5.74) is 0. The molecule has 1 aliphatic carbocycles. The Labute approximate surface area is 115 Å². The Morgan fingerprint density at radius 1 is 1.26 bits per heavy atom. The highest BCUT2D eigenvalue weighted by molar-refractivity contribution is 5.75. The third-order valence-corrected chi connectivity index (χ3v) is 4.07. The summed E-state index contributed by atoms with van der Waals surface area (Å²) >= 11 is 0. The number of hydrogen-bond donors (Lipinski definition) is 3. The topological polar surface area (TPSA) is 70.6 Å². The molecule has 0 bridgehead atoms. The van der Waals surface area contributed by atoms with Crippen LogP contribution in [0.4, 0.5) is 0 Å². The number of aliphatic hydroxyl groups is 1. The lowest BCUT2D eigenvalue weighted by atomic mass is 10.1. The minimum atomic E-state index is -0.162. The molecule has 2 rings (SSSR count). The number of carbonyl (C=O) groups excluding carboxylic acids is 1. The van der Waals surface area contributed by atoms with Crippen LogP contribution in [-0.4, -0.2) is 49.5 Å². The molecule has 1 amide bonds. The molecule has 3 N–H and O–H groups in total. The van der Waals surface area contributed by atoms with Crippen molar-refractivity contribution in [1.82, 2.24) is 10.6 Å². The number of hydrogen-bond acceptors (Lipinski definition) is 4. The lowest BCUT2D eigenvalue weighted by molar-refractivity contribution is -0.122. The quantitative estimate of drug-likeness (QED) is 0.654. The molecule has 2 fully saturated rings. The van der Waals surface area contributed by atoms with E-state index in [0.717, 1.165) is 45.2 Å². The summed E-state index contributed by atoms with van der Waals surface area (Å²) in [5.74, 6) is 0.514. The summed E-state index contributed by atoms with van der Waals surface area (Å²) in [6.45, 7) is 3.24. The van der Waals surface area contributed by atoms with Crippen LogP contribution in [0.2, 0.25) is 0 Å². The fraction of sp³-hybridized carbons (Fsp3) is 0.929. The molecular weight excluding hydrogens is 244 g/mol. The van der Waals surface area contributed by atoms with Crippen molar-refractivity contribution in [2.45, 2.75) is 50.7 Å². The third kappa shape index (κ3) is 5.47. The van der Waals surface area contributed by atoms with Gasteiger partial charge in [-0.15, -0.1) is 0 Å². The van der Waals surface area contributed by atoms with E-state index in [-0.39, 0.29) is 12.0 Å². The van der Waals surface area contributed by atoms with Crippen molar-refractivity contribution in [1.29, 1.82) is 0 Å². The SMILES string of the molecule is O=C(CCOC1CCNCC1)NCC1CCC(O)C1. The Morgan fingerprint density at radius 3 is 2.74 bits per heavy atom. The number of nitrogens with one attached hydrogen (secondary N) is 2. The summed E-state index contributed by atoms with van der Waals surface area (Å²) in [4.78, 5) is 11.7. The van der Waals surface area contributed by atoms with Crippen molar-refractivity contribution in [3.63, 3.8) is 0 Å². The lowest BCUT2D eigenvalue weighted by Crippen LogP contribution is -2.34. The Bertz CT molecular complexity index is 280. The lowest BCUT2D eigenvalue weighted by Gasteiger charge is -2.22. The van der Waals surface area contributed by atoms with Crippen molar-refractivity contribution < 1.29 is 14.6 Å². The number of carbonyl (C=O) groups is 1. The highest BCUT2D eigenvalue weighted by Crippen LogP contribution is 2.24. The number of piperidine rings is 1. The molecule has 2 atom stereocenters. The van der Waals surface area contributed by atoms with Crippen LogP contribution in [0, 0.1) is 5.92 Å². The molecule has 5 nitrogen and oxygen atoms in total. The minimum absolute atomic E-state index is 0.0651. The van der Waals surface area contributed by atoms with Gasteiger partial charge in [0.2, 0.25) is 5.91 Å². The molecule has 1 saturated heterocycles. The molecule has 0 spiro atoms. The first-order valence-electron chi connectivity index (χ1n) is 7.51. The molecule has 2 aliphatic rings. The second kappa shape index (κ2) is 7.82. The Kier molecular flexibility index (Phi) is 6.07. The van der Waals surface area contributed by atoms with Crippen LogP contribution in [0.5, 0.6) is 0 Å². The summed E-state index contributed by atoms with van der Waals surface area (Å²) in [6, 6.07) is 0. The molecule has 5 heteroatoms. The first-order chi connectivity index (χ1) is 9.24. The summed E-state index contributed by atoms with van der Waals surface area (Å²) in [6.07, 6.45) is 5.41. The van der Waals surface area contributed by atoms with Crippen molar-refractivity contribution >= 4 is 5.91 Å². The summed E-state index contributed by atoms with van der Waals surface area (Å²) in [5, 5.41) is 15.6. The molecule has 0 aromatic heterocycles. The van der Waals surface area contributed by atoms with Gasteiger partial charge in [-0.25, -0.2) is 0 Å². The molecule has 1 aliphatic heterocycles. The predicted octanol–water partition coefficient (Wildman–Crippen LogP) is 0.422. The zero-order valence-electron chi connectivity index (χ0n) is 11.6. The van der Waals surface area contributed by atoms with Crippen molar-refractivity contribution in [3.8, 4) is 0 Å². The van der Waals surface area contributed by atoms with Crippen molar-refractivity contribution in [2.24, 2.45) is 5.92 Å². The fourth-order valence-corrected chi connectivity index (χ4v) is 2.86. The average Bonchev–Trinajstić information content (AvgIpc) is 2.83. The van der Waals surface area contributed by atoms with E-state index < -0.39 is 0 Å². The van der Waals surface area contributed by atoms with E-state index in [0.29, 0.717) is 31.6 Å². The molecule has 1 saturated carbocycles. The van der Waals surface area contributed by atoms with E-state index in [1.54, 1.807) is 0 Å². The largest absolute Gasteiger partial charge is 0.393 e. The van der Waals surface area contributed by atoms with Gasteiger partial charge in [-0.05, 0) is 51.1 Å². The van der Waals surface area contributed by atoms with Gasteiger partial charge in [0, 0.05) is 13.0 Å². The van der Waals surface area contributed by atoms with Crippen LogP contribution < -0.4 is 10.6 Å². The van der Waals surface area contributed by atoms with E-state index in [1.807, 2.05) is 0 Å². The zero-order valence-corrected chi connectivity index (χ0v) is 11.6. The van der Waals surface area contributed by atoms with Crippen LogP contribution in [0.15, 0.2) is 0 Å². The van der Waals surface area contributed by atoms with Crippen LogP contribution in [0.3, 0.4) is 0 Å². The van der Waals surface area contributed by atoms with Gasteiger partial charge >= 0.3 is 0 Å². The Morgan fingerprint density at radius 2 is 2.05 bits per heavy atom. The normalized spacial score (nSPS) is 28.5. The number of rotatable bonds is 6. The zero-order chi connectivity index (χ0) is 13.5. The monoisotopic (exact) mass is 270 g/mol. The number of aliphatic hydroxyl groups excluding tert-OH is 1. The summed E-state index contributed by atoms with van der Waals surface area (Å²) in [7, 11) is 0. The van der Waals surface area contributed by atoms with Gasteiger partial charge in [-0.2, -0.15) is 0 Å².